The fourth-order valence-corrected chi connectivity index (χ4v) is 1.71. The number of furan rings is 1. The van der Waals surface area contributed by atoms with Gasteiger partial charge in [0.1, 0.15) is 0 Å². The number of nitrogens with one attached hydrogen (secondary N) is 1. The summed E-state index contributed by atoms with van der Waals surface area (Å²) in [4.78, 5) is 12.0. The van der Waals surface area contributed by atoms with Gasteiger partial charge in [-0.2, -0.15) is 0 Å². The van der Waals surface area contributed by atoms with Gasteiger partial charge < -0.3 is 9.73 Å². The quantitative estimate of drug-likeness (QED) is 0.895. The van der Waals surface area contributed by atoms with E-state index in [1.54, 1.807) is 6.26 Å². The number of rotatable bonds is 4. The fraction of sp³-hybridized carbons (Fsp3) is 0.267. The topological polar surface area (TPSA) is 42.2 Å². The number of hydrogen-bond acceptors (Lipinski definition) is 2. The Morgan fingerprint density at radius 1 is 1.22 bits per heavy atom. The highest BCUT2D eigenvalue weighted by molar-refractivity contribution is 5.98. The minimum atomic E-state index is -0.160. The van der Waals surface area contributed by atoms with Crippen molar-refractivity contribution in [3.05, 3.63) is 48.4 Å². The highest BCUT2D eigenvalue weighted by Crippen LogP contribution is 2.24. The Morgan fingerprint density at radius 2 is 1.94 bits per heavy atom. The van der Waals surface area contributed by atoms with Crippen LogP contribution in [0.3, 0.4) is 0 Å². The molecule has 1 heterocycles. The Bertz CT molecular complexity index is 514. The van der Waals surface area contributed by atoms with Crippen molar-refractivity contribution >= 4 is 5.91 Å². The van der Waals surface area contributed by atoms with Gasteiger partial charge in [0.2, 0.25) is 0 Å². The summed E-state index contributed by atoms with van der Waals surface area (Å²) in [6, 6.07) is 11.6. The molecule has 0 fully saturated rings. The number of amides is 1. The van der Waals surface area contributed by atoms with Crippen molar-refractivity contribution in [3.8, 4) is 11.1 Å². The maximum atomic E-state index is 12.0. The first-order valence-electron chi connectivity index (χ1n) is 6.09. The molecule has 2 aromatic rings. The largest absolute Gasteiger partial charge is 0.459 e. The SMILES string of the molecule is CC(C)CNC(=O)c1occc1-c1ccccc1. The van der Waals surface area contributed by atoms with Crippen LogP contribution >= 0.6 is 0 Å². The van der Waals surface area contributed by atoms with E-state index >= 15 is 0 Å². The molecule has 0 atom stereocenters. The van der Waals surface area contributed by atoms with Gasteiger partial charge in [0, 0.05) is 12.1 Å². The van der Waals surface area contributed by atoms with Gasteiger partial charge in [0.05, 0.1) is 6.26 Å². The third kappa shape index (κ3) is 2.80. The van der Waals surface area contributed by atoms with Gasteiger partial charge in [-0.25, -0.2) is 0 Å². The average molecular weight is 243 g/mol. The Labute approximate surface area is 107 Å². The molecule has 0 aliphatic heterocycles. The zero-order chi connectivity index (χ0) is 13.0. The van der Waals surface area contributed by atoms with E-state index in [1.807, 2.05) is 36.4 Å². The highest BCUT2D eigenvalue weighted by atomic mass is 16.3. The van der Waals surface area contributed by atoms with E-state index in [4.69, 9.17) is 4.42 Å². The predicted octanol–water partition coefficient (Wildman–Crippen LogP) is 3.33. The van der Waals surface area contributed by atoms with Crippen LogP contribution in [0.4, 0.5) is 0 Å². The van der Waals surface area contributed by atoms with Crippen molar-refractivity contribution in [2.24, 2.45) is 5.92 Å². The van der Waals surface area contributed by atoms with E-state index in [2.05, 4.69) is 19.2 Å². The average Bonchev–Trinajstić information content (AvgIpc) is 2.86. The summed E-state index contributed by atoms with van der Waals surface area (Å²) in [6.07, 6.45) is 1.55. The molecule has 0 saturated heterocycles. The molecule has 0 spiro atoms. The summed E-state index contributed by atoms with van der Waals surface area (Å²) in [5.74, 6) is 0.637. The molecule has 0 bridgehead atoms. The van der Waals surface area contributed by atoms with Crippen molar-refractivity contribution in [2.45, 2.75) is 13.8 Å². The van der Waals surface area contributed by atoms with E-state index in [-0.39, 0.29) is 5.91 Å². The molecule has 0 aliphatic carbocycles. The van der Waals surface area contributed by atoms with Crippen LogP contribution in [-0.4, -0.2) is 12.5 Å². The van der Waals surface area contributed by atoms with Gasteiger partial charge in [-0.1, -0.05) is 44.2 Å². The maximum absolute atomic E-state index is 12.0. The third-order valence-electron chi connectivity index (χ3n) is 2.63. The molecule has 3 heteroatoms. The van der Waals surface area contributed by atoms with E-state index in [0.717, 1.165) is 11.1 Å². The van der Waals surface area contributed by atoms with E-state index in [1.165, 1.54) is 0 Å². The molecule has 0 aliphatic rings. The molecule has 94 valence electrons. The fourth-order valence-electron chi connectivity index (χ4n) is 1.71. The zero-order valence-corrected chi connectivity index (χ0v) is 10.6. The first-order chi connectivity index (χ1) is 8.68. The lowest BCUT2D eigenvalue weighted by molar-refractivity contribution is 0.0922. The van der Waals surface area contributed by atoms with Crippen LogP contribution in [0.15, 0.2) is 47.1 Å². The normalized spacial score (nSPS) is 10.6. The molecule has 0 radical (unpaired) electrons. The Kier molecular flexibility index (Phi) is 3.82. The summed E-state index contributed by atoms with van der Waals surface area (Å²) >= 11 is 0. The smallest absolute Gasteiger partial charge is 0.287 e. The Balaban J connectivity index is 2.20. The van der Waals surface area contributed by atoms with Crippen molar-refractivity contribution < 1.29 is 9.21 Å². The molecule has 3 nitrogen and oxygen atoms in total. The maximum Gasteiger partial charge on any atom is 0.287 e. The van der Waals surface area contributed by atoms with Crippen LogP contribution in [0.1, 0.15) is 24.4 Å². The molecular weight excluding hydrogens is 226 g/mol. The molecule has 1 amide bonds. The van der Waals surface area contributed by atoms with Gasteiger partial charge >= 0.3 is 0 Å². The molecule has 0 saturated carbocycles. The molecule has 0 unspecified atom stereocenters. The zero-order valence-electron chi connectivity index (χ0n) is 10.6. The van der Waals surface area contributed by atoms with Crippen molar-refractivity contribution in [2.75, 3.05) is 6.54 Å². The lowest BCUT2D eigenvalue weighted by atomic mass is 10.1. The number of carbonyl (C=O) groups is 1. The van der Waals surface area contributed by atoms with Crippen LogP contribution in [0.2, 0.25) is 0 Å². The Hall–Kier alpha value is -2.03. The number of benzene rings is 1. The summed E-state index contributed by atoms with van der Waals surface area (Å²) in [6.45, 7) is 4.76. The lowest BCUT2D eigenvalue weighted by Crippen LogP contribution is -2.27. The van der Waals surface area contributed by atoms with Crippen LogP contribution in [-0.2, 0) is 0 Å². The number of hydrogen-bond donors (Lipinski definition) is 1. The second kappa shape index (κ2) is 5.54. The van der Waals surface area contributed by atoms with Gasteiger partial charge in [-0.15, -0.1) is 0 Å². The van der Waals surface area contributed by atoms with Gasteiger partial charge in [-0.3, -0.25) is 4.79 Å². The highest BCUT2D eigenvalue weighted by Gasteiger charge is 2.16. The molecule has 1 aromatic heterocycles. The molecule has 1 N–H and O–H groups in total. The summed E-state index contributed by atoms with van der Waals surface area (Å²) < 4.78 is 5.30. The summed E-state index contributed by atoms with van der Waals surface area (Å²) in [5.41, 5.74) is 1.82. The second-order valence-electron chi connectivity index (χ2n) is 4.63. The minimum absolute atomic E-state index is 0.160. The standard InChI is InChI=1S/C15H17NO2/c1-11(2)10-16-15(17)14-13(8-9-18-14)12-6-4-3-5-7-12/h3-9,11H,10H2,1-2H3,(H,16,17). The first-order valence-corrected chi connectivity index (χ1v) is 6.09. The monoisotopic (exact) mass is 243 g/mol. The van der Waals surface area contributed by atoms with Crippen LogP contribution < -0.4 is 5.32 Å². The molecular formula is C15H17NO2. The summed E-state index contributed by atoms with van der Waals surface area (Å²) in [7, 11) is 0. The molecule has 18 heavy (non-hydrogen) atoms. The third-order valence-corrected chi connectivity index (χ3v) is 2.63. The lowest BCUT2D eigenvalue weighted by Gasteiger charge is -2.07. The van der Waals surface area contributed by atoms with Gasteiger partial charge in [-0.05, 0) is 17.5 Å². The van der Waals surface area contributed by atoms with Crippen molar-refractivity contribution in [3.63, 3.8) is 0 Å². The van der Waals surface area contributed by atoms with Crippen molar-refractivity contribution in [1.29, 1.82) is 0 Å². The van der Waals surface area contributed by atoms with E-state index in [0.29, 0.717) is 18.2 Å². The van der Waals surface area contributed by atoms with Gasteiger partial charge in [0.25, 0.3) is 5.91 Å². The Morgan fingerprint density at radius 3 is 2.61 bits per heavy atom. The first kappa shape index (κ1) is 12.4. The van der Waals surface area contributed by atoms with Crippen LogP contribution in [0, 0.1) is 5.92 Å². The van der Waals surface area contributed by atoms with E-state index < -0.39 is 0 Å². The van der Waals surface area contributed by atoms with E-state index in [9.17, 15) is 4.79 Å². The molecule has 1 aromatic carbocycles. The summed E-state index contributed by atoms with van der Waals surface area (Å²) in [5, 5.41) is 2.86. The minimum Gasteiger partial charge on any atom is -0.459 e. The second-order valence-corrected chi connectivity index (χ2v) is 4.63. The van der Waals surface area contributed by atoms with Crippen LogP contribution in [0.5, 0.6) is 0 Å². The molecule has 2 rings (SSSR count). The van der Waals surface area contributed by atoms with Crippen molar-refractivity contribution in [1.82, 2.24) is 5.32 Å². The predicted molar refractivity (Wildman–Crippen MR) is 71.3 cm³/mol. The number of carbonyl (C=O) groups excluding carboxylic acids is 1. The van der Waals surface area contributed by atoms with Gasteiger partial charge in [0.15, 0.2) is 5.76 Å². The van der Waals surface area contributed by atoms with Crippen LogP contribution in [0.25, 0.3) is 11.1 Å².